The highest BCUT2D eigenvalue weighted by atomic mass is 16.5. The number of hydrogen-bond donors (Lipinski definition) is 2. The summed E-state index contributed by atoms with van der Waals surface area (Å²) in [4.78, 5) is 30.8. The van der Waals surface area contributed by atoms with E-state index in [1.807, 2.05) is 41.3 Å². The molecule has 0 aliphatic carbocycles. The molecule has 0 spiro atoms. The maximum absolute atomic E-state index is 13.9. The lowest BCUT2D eigenvalue weighted by Crippen LogP contribution is -2.45. The van der Waals surface area contributed by atoms with Crippen molar-refractivity contribution < 1.29 is 19.4 Å². The van der Waals surface area contributed by atoms with Crippen LogP contribution in [0.1, 0.15) is 75.5 Å². The van der Waals surface area contributed by atoms with Gasteiger partial charge in [0.2, 0.25) is 5.91 Å². The first kappa shape index (κ1) is 29.1. The van der Waals surface area contributed by atoms with Gasteiger partial charge in [-0.15, -0.1) is 0 Å². The summed E-state index contributed by atoms with van der Waals surface area (Å²) >= 11 is 0. The number of fused-ring (bicyclic) bond motifs is 1. The second kappa shape index (κ2) is 13.4. The summed E-state index contributed by atoms with van der Waals surface area (Å²) in [5.74, 6) is -0.234. The van der Waals surface area contributed by atoms with Crippen molar-refractivity contribution in [2.75, 3.05) is 31.1 Å². The number of carboxylic acid groups (broad SMARTS) is 1. The van der Waals surface area contributed by atoms with E-state index in [-0.39, 0.29) is 24.4 Å². The number of carbonyl (C=O) groups excluding carboxylic acids is 1. The summed E-state index contributed by atoms with van der Waals surface area (Å²) in [6.45, 7) is 8.96. The largest absolute Gasteiger partial charge is 0.493 e. The molecule has 2 aliphatic heterocycles. The van der Waals surface area contributed by atoms with Gasteiger partial charge in [0.05, 0.1) is 19.1 Å². The third-order valence-electron chi connectivity index (χ3n) is 8.43. The molecule has 0 bridgehead atoms. The van der Waals surface area contributed by atoms with Crippen molar-refractivity contribution in [2.45, 2.75) is 77.8 Å². The average Bonchev–Trinajstić information content (AvgIpc) is 3.53. The third kappa shape index (κ3) is 6.82. The first-order valence-corrected chi connectivity index (χ1v) is 14.7. The molecule has 3 N–H and O–H groups in total. The van der Waals surface area contributed by atoms with Crippen LogP contribution in [0.4, 0.5) is 5.69 Å². The number of carboxylic acids is 1. The van der Waals surface area contributed by atoms with E-state index in [2.05, 4.69) is 31.7 Å². The second-order valence-corrected chi connectivity index (χ2v) is 11.3. The highest BCUT2D eigenvalue weighted by Crippen LogP contribution is 2.42. The minimum absolute atomic E-state index is 0.0120. The van der Waals surface area contributed by atoms with Crippen molar-refractivity contribution >= 4 is 17.6 Å². The van der Waals surface area contributed by atoms with Gasteiger partial charge < -0.3 is 20.5 Å². The van der Waals surface area contributed by atoms with Gasteiger partial charge in [0.25, 0.3) is 0 Å². The van der Waals surface area contributed by atoms with Gasteiger partial charge in [0, 0.05) is 43.7 Å². The minimum atomic E-state index is -0.779. The molecule has 2 aromatic carbocycles. The topological polar surface area (TPSA) is 96.1 Å². The Hall–Kier alpha value is -2.90. The fourth-order valence-corrected chi connectivity index (χ4v) is 6.41. The van der Waals surface area contributed by atoms with Gasteiger partial charge in [0.1, 0.15) is 5.75 Å². The van der Waals surface area contributed by atoms with Crippen molar-refractivity contribution in [1.29, 1.82) is 0 Å². The monoisotopic (exact) mass is 535 g/mol. The third-order valence-corrected chi connectivity index (χ3v) is 8.43. The molecule has 4 unspecified atom stereocenters. The Morgan fingerprint density at radius 2 is 2.00 bits per heavy atom. The predicted octanol–water partition coefficient (Wildman–Crippen LogP) is 5.21. The van der Waals surface area contributed by atoms with Gasteiger partial charge >= 0.3 is 5.97 Å². The molecule has 1 saturated heterocycles. The number of amides is 1. The summed E-state index contributed by atoms with van der Waals surface area (Å²) < 4.78 is 5.70. The number of unbranched alkanes of at least 4 members (excludes halogenated alkanes) is 1. The quantitative estimate of drug-likeness (QED) is 0.366. The van der Waals surface area contributed by atoms with Crippen molar-refractivity contribution in [2.24, 2.45) is 17.6 Å². The molecule has 7 nitrogen and oxygen atoms in total. The normalized spacial score (nSPS) is 21.4. The first-order chi connectivity index (χ1) is 18.9. The van der Waals surface area contributed by atoms with Gasteiger partial charge in [-0.05, 0) is 53.6 Å². The highest BCUT2D eigenvalue weighted by molar-refractivity contribution is 5.95. The zero-order valence-corrected chi connectivity index (χ0v) is 23.8. The Morgan fingerprint density at radius 1 is 1.18 bits per heavy atom. The van der Waals surface area contributed by atoms with E-state index >= 15 is 0 Å². The zero-order chi connectivity index (χ0) is 27.9. The van der Waals surface area contributed by atoms with Crippen molar-refractivity contribution in [3.8, 4) is 5.75 Å². The molecular formula is C32H45N3O4. The number of ether oxygens (including phenoxy) is 1. The van der Waals surface area contributed by atoms with E-state index in [9.17, 15) is 14.7 Å². The maximum Gasteiger partial charge on any atom is 0.308 e. The lowest BCUT2D eigenvalue weighted by atomic mass is 9.81. The van der Waals surface area contributed by atoms with Gasteiger partial charge in [-0.2, -0.15) is 0 Å². The lowest BCUT2D eigenvalue weighted by Gasteiger charge is -2.31. The van der Waals surface area contributed by atoms with Gasteiger partial charge in [-0.25, -0.2) is 0 Å². The zero-order valence-electron chi connectivity index (χ0n) is 23.8. The molecule has 0 aromatic heterocycles. The molecule has 0 radical (unpaired) electrons. The van der Waals surface area contributed by atoms with Crippen molar-refractivity contribution in [1.82, 2.24) is 4.90 Å². The van der Waals surface area contributed by atoms with E-state index in [0.717, 1.165) is 66.7 Å². The average molecular weight is 536 g/mol. The standard InChI is InChI=1S/C32H45N3O4/c1-4-6-14-35(26-10-7-9-23(17-26)19-33)30(36)21-34-20-27(24-11-12-29-25(18-24)13-15-39-29)31(32(37)38)28(34)16-22(3)8-5-2/h7,9-12,17-18,22,27-28,31H,4-6,8,13-16,19-21,33H2,1-3H3,(H,37,38). The fraction of sp³-hybridized carbons (Fsp3) is 0.562. The van der Waals surface area contributed by atoms with E-state index in [1.165, 1.54) is 0 Å². The summed E-state index contributed by atoms with van der Waals surface area (Å²) in [5.41, 5.74) is 9.92. The van der Waals surface area contributed by atoms with E-state index in [4.69, 9.17) is 10.5 Å². The van der Waals surface area contributed by atoms with Gasteiger partial charge in [-0.3, -0.25) is 14.5 Å². The highest BCUT2D eigenvalue weighted by Gasteiger charge is 2.47. The predicted molar refractivity (Wildman–Crippen MR) is 155 cm³/mol. The summed E-state index contributed by atoms with van der Waals surface area (Å²) in [7, 11) is 0. The fourth-order valence-electron chi connectivity index (χ4n) is 6.41. The molecule has 2 aromatic rings. The number of hydrogen-bond acceptors (Lipinski definition) is 5. The Kier molecular flexibility index (Phi) is 10.0. The molecule has 4 atom stereocenters. The number of anilines is 1. The van der Waals surface area contributed by atoms with E-state index in [1.54, 1.807) is 0 Å². The summed E-state index contributed by atoms with van der Waals surface area (Å²) in [6, 6.07) is 13.8. The van der Waals surface area contributed by atoms with Crippen LogP contribution in [-0.4, -0.2) is 54.2 Å². The van der Waals surface area contributed by atoms with Crippen LogP contribution in [0.15, 0.2) is 42.5 Å². The maximum atomic E-state index is 13.9. The Bertz CT molecular complexity index is 1140. The van der Waals surface area contributed by atoms with Crippen LogP contribution in [0.5, 0.6) is 5.75 Å². The Morgan fingerprint density at radius 3 is 2.72 bits per heavy atom. The molecule has 7 heteroatoms. The molecule has 212 valence electrons. The second-order valence-electron chi connectivity index (χ2n) is 11.3. The minimum Gasteiger partial charge on any atom is -0.493 e. The number of aliphatic carboxylic acids is 1. The molecule has 2 heterocycles. The lowest BCUT2D eigenvalue weighted by molar-refractivity contribution is -0.143. The summed E-state index contributed by atoms with van der Waals surface area (Å²) in [6.07, 6.45) is 5.59. The van der Waals surface area contributed by atoms with Crippen LogP contribution < -0.4 is 15.4 Å². The molecule has 2 aliphatic rings. The van der Waals surface area contributed by atoms with Gasteiger partial charge in [0.15, 0.2) is 0 Å². The van der Waals surface area contributed by atoms with E-state index < -0.39 is 11.9 Å². The van der Waals surface area contributed by atoms with Crippen LogP contribution in [0.3, 0.4) is 0 Å². The summed E-state index contributed by atoms with van der Waals surface area (Å²) in [5, 5.41) is 10.5. The van der Waals surface area contributed by atoms with Gasteiger partial charge in [-0.1, -0.05) is 64.3 Å². The Labute approximate surface area is 233 Å². The molecule has 0 saturated carbocycles. The first-order valence-electron chi connectivity index (χ1n) is 14.7. The number of likely N-dealkylation sites (tertiary alicyclic amines) is 1. The molecule has 1 fully saturated rings. The number of carbonyl (C=O) groups is 2. The number of nitrogens with two attached hydrogens (primary N) is 1. The van der Waals surface area contributed by atoms with Crippen LogP contribution in [0.25, 0.3) is 0 Å². The van der Waals surface area contributed by atoms with Crippen molar-refractivity contribution in [3.63, 3.8) is 0 Å². The van der Waals surface area contributed by atoms with Crippen LogP contribution in [0.2, 0.25) is 0 Å². The number of benzene rings is 2. The SMILES string of the molecule is CCCCN(C(=O)CN1CC(c2ccc3c(c2)CCO3)C(C(=O)O)C1CC(C)CCC)c1cccc(CN)c1. The molecule has 39 heavy (non-hydrogen) atoms. The molecular weight excluding hydrogens is 490 g/mol. The number of rotatable bonds is 13. The van der Waals surface area contributed by atoms with Crippen molar-refractivity contribution in [3.05, 3.63) is 59.2 Å². The smallest absolute Gasteiger partial charge is 0.308 e. The van der Waals surface area contributed by atoms with Crippen LogP contribution in [0, 0.1) is 11.8 Å². The Balaban J connectivity index is 1.64. The molecule has 1 amide bonds. The van der Waals surface area contributed by atoms with E-state index in [0.29, 0.717) is 32.2 Å². The van der Waals surface area contributed by atoms with Crippen LogP contribution in [-0.2, 0) is 22.6 Å². The molecule has 4 rings (SSSR count). The number of nitrogens with zero attached hydrogens (tertiary/aromatic N) is 2. The van der Waals surface area contributed by atoms with Crippen LogP contribution >= 0.6 is 0 Å².